The number of hydrogen-bond donors (Lipinski definition) is 2. The molecule has 3 heterocycles. The molecule has 2 aliphatic rings. The maximum atomic E-state index is 12.9. The topological polar surface area (TPSA) is 103 Å². The monoisotopic (exact) mass is 342 g/mol. The number of fused-ring (bicyclic) bond motifs is 1. The maximum Gasteiger partial charge on any atom is 0.242 e. The molecule has 1 saturated heterocycles. The van der Waals surface area contributed by atoms with E-state index >= 15 is 0 Å². The van der Waals surface area contributed by atoms with Gasteiger partial charge in [0.2, 0.25) is 5.91 Å². The zero-order chi connectivity index (χ0) is 17.6. The van der Waals surface area contributed by atoms with Gasteiger partial charge in [-0.25, -0.2) is 9.67 Å². The number of piperidine rings is 1. The lowest BCUT2D eigenvalue weighted by molar-refractivity contribution is -0.138. The minimum atomic E-state index is -0.643. The number of likely N-dealkylation sites (tertiary alicyclic amines) is 1. The minimum Gasteiger partial charge on any atom is -0.382 e. The van der Waals surface area contributed by atoms with Gasteiger partial charge in [0.05, 0.1) is 10.9 Å². The summed E-state index contributed by atoms with van der Waals surface area (Å²) in [5, 5.41) is 5.11. The van der Waals surface area contributed by atoms with Crippen molar-refractivity contribution in [2.75, 3.05) is 18.8 Å². The van der Waals surface area contributed by atoms with Crippen LogP contribution >= 0.6 is 0 Å². The molecule has 2 aromatic rings. The van der Waals surface area contributed by atoms with Gasteiger partial charge in [0.25, 0.3) is 0 Å². The standard InChI is InChI=1S/C18H26N6O/c1-23-16-13(15(19)22-23)6-7-14(21-16)12-5-4-10-24(11-12)17(25)18(20)8-2-3-9-18/h6-7,12H,2-5,8-11,20H2,1H3,(H2,19,22). The number of carbonyl (C=O) groups excluding carboxylic acids is 1. The molecule has 0 aromatic carbocycles. The van der Waals surface area contributed by atoms with Crippen LogP contribution in [0.3, 0.4) is 0 Å². The lowest BCUT2D eigenvalue weighted by Gasteiger charge is -2.37. The second-order valence-electron chi connectivity index (χ2n) is 7.57. The first-order valence-electron chi connectivity index (χ1n) is 9.15. The van der Waals surface area contributed by atoms with Crippen LogP contribution in [-0.2, 0) is 11.8 Å². The Morgan fingerprint density at radius 2 is 2.04 bits per heavy atom. The zero-order valence-electron chi connectivity index (χ0n) is 14.7. The number of aromatic nitrogens is 3. The third-order valence-electron chi connectivity index (χ3n) is 5.79. The summed E-state index contributed by atoms with van der Waals surface area (Å²) in [4.78, 5) is 19.7. The molecule has 2 aromatic heterocycles. The smallest absolute Gasteiger partial charge is 0.242 e. The fraction of sp³-hybridized carbons (Fsp3) is 0.611. The van der Waals surface area contributed by atoms with Gasteiger partial charge in [-0.1, -0.05) is 12.8 Å². The number of hydrogen-bond acceptors (Lipinski definition) is 5. The van der Waals surface area contributed by atoms with Gasteiger partial charge in [0.15, 0.2) is 11.5 Å². The van der Waals surface area contributed by atoms with Crippen LogP contribution in [0.2, 0.25) is 0 Å². The number of nitrogens with two attached hydrogens (primary N) is 2. The van der Waals surface area contributed by atoms with E-state index in [1.165, 1.54) is 0 Å². The summed E-state index contributed by atoms with van der Waals surface area (Å²) in [6.45, 7) is 1.50. The lowest BCUT2D eigenvalue weighted by Crippen LogP contribution is -2.55. The highest BCUT2D eigenvalue weighted by atomic mass is 16.2. The van der Waals surface area contributed by atoms with Gasteiger partial charge in [0, 0.05) is 31.7 Å². The normalized spacial score (nSPS) is 23.3. The van der Waals surface area contributed by atoms with Crippen LogP contribution in [0.15, 0.2) is 12.1 Å². The Labute approximate surface area is 147 Å². The highest BCUT2D eigenvalue weighted by Crippen LogP contribution is 2.33. The van der Waals surface area contributed by atoms with Crippen LogP contribution < -0.4 is 11.5 Å². The second kappa shape index (κ2) is 5.98. The van der Waals surface area contributed by atoms with E-state index in [1.54, 1.807) is 4.68 Å². The van der Waals surface area contributed by atoms with Crippen LogP contribution in [0.1, 0.15) is 50.1 Å². The molecule has 1 unspecified atom stereocenters. The summed E-state index contributed by atoms with van der Waals surface area (Å²) >= 11 is 0. The molecular formula is C18H26N6O. The summed E-state index contributed by atoms with van der Waals surface area (Å²) in [5.74, 6) is 0.868. The van der Waals surface area contributed by atoms with E-state index in [9.17, 15) is 4.79 Å². The second-order valence-corrected chi connectivity index (χ2v) is 7.57. The largest absolute Gasteiger partial charge is 0.382 e. The first kappa shape index (κ1) is 16.3. The average molecular weight is 342 g/mol. The number of anilines is 1. The van der Waals surface area contributed by atoms with Crippen LogP contribution in [-0.4, -0.2) is 44.2 Å². The Bertz CT molecular complexity index is 807. The van der Waals surface area contributed by atoms with Gasteiger partial charge in [0.1, 0.15) is 0 Å². The van der Waals surface area contributed by atoms with Gasteiger partial charge in [-0.05, 0) is 37.8 Å². The first-order chi connectivity index (χ1) is 12.0. The molecule has 0 bridgehead atoms. The Morgan fingerprint density at radius 1 is 1.28 bits per heavy atom. The number of carbonyl (C=O) groups is 1. The lowest BCUT2D eigenvalue weighted by atomic mass is 9.91. The highest BCUT2D eigenvalue weighted by molar-refractivity contribution is 5.87. The van der Waals surface area contributed by atoms with Gasteiger partial charge < -0.3 is 16.4 Å². The Hall–Kier alpha value is -2.15. The number of rotatable bonds is 2. The van der Waals surface area contributed by atoms with E-state index in [0.717, 1.165) is 61.8 Å². The zero-order valence-corrected chi connectivity index (χ0v) is 14.7. The predicted molar refractivity (Wildman–Crippen MR) is 96.9 cm³/mol. The van der Waals surface area contributed by atoms with Crippen molar-refractivity contribution >= 4 is 22.8 Å². The van der Waals surface area contributed by atoms with Crippen molar-refractivity contribution in [1.82, 2.24) is 19.7 Å². The van der Waals surface area contributed by atoms with Crippen molar-refractivity contribution in [3.05, 3.63) is 17.8 Å². The molecule has 1 aliphatic heterocycles. The number of pyridine rings is 1. The number of aryl methyl sites for hydroxylation is 1. The summed E-state index contributed by atoms with van der Waals surface area (Å²) < 4.78 is 1.72. The van der Waals surface area contributed by atoms with E-state index in [4.69, 9.17) is 16.5 Å². The third kappa shape index (κ3) is 2.76. The molecular weight excluding hydrogens is 316 g/mol. The first-order valence-corrected chi connectivity index (χ1v) is 9.15. The number of nitrogen functional groups attached to an aromatic ring is 1. The molecule has 25 heavy (non-hydrogen) atoms. The molecule has 2 fully saturated rings. The Kier molecular flexibility index (Phi) is 3.91. The average Bonchev–Trinajstić information content (AvgIpc) is 3.19. The third-order valence-corrected chi connectivity index (χ3v) is 5.79. The molecule has 4 rings (SSSR count). The number of nitrogens with zero attached hydrogens (tertiary/aromatic N) is 4. The summed E-state index contributed by atoms with van der Waals surface area (Å²) in [6.07, 6.45) is 5.75. The molecule has 0 radical (unpaired) electrons. The molecule has 7 heteroatoms. The summed E-state index contributed by atoms with van der Waals surface area (Å²) in [6, 6.07) is 4.01. The number of amides is 1. The van der Waals surface area contributed by atoms with E-state index in [0.29, 0.717) is 12.4 Å². The molecule has 1 saturated carbocycles. The Balaban J connectivity index is 1.57. The van der Waals surface area contributed by atoms with Crippen molar-refractivity contribution in [2.24, 2.45) is 12.8 Å². The van der Waals surface area contributed by atoms with Crippen LogP contribution in [0, 0.1) is 0 Å². The fourth-order valence-electron chi connectivity index (χ4n) is 4.34. The fourth-order valence-corrected chi connectivity index (χ4v) is 4.34. The van der Waals surface area contributed by atoms with E-state index in [2.05, 4.69) is 5.10 Å². The van der Waals surface area contributed by atoms with Crippen LogP contribution in [0.5, 0.6) is 0 Å². The molecule has 1 aliphatic carbocycles. The van der Waals surface area contributed by atoms with Crippen molar-refractivity contribution in [3.63, 3.8) is 0 Å². The summed E-state index contributed by atoms with van der Waals surface area (Å²) in [5.41, 5.74) is 13.5. The van der Waals surface area contributed by atoms with Gasteiger partial charge >= 0.3 is 0 Å². The minimum absolute atomic E-state index is 0.126. The Morgan fingerprint density at radius 3 is 2.80 bits per heavy atom. The quantitative estimate of drug-likeness (QED) is 0.861. The SMILES string of the molecule is Cn1nc(N)c2ccc(C3CCCN(C(=O)C4(N)CCCC4)C3)nc21. The van der Waals surface area contributed by atoms with Crippen molar-refractivity contribution in [2.45, 2.75) is 50.0 Å². The molecule has 1 atom stereocenters. The highest BCUT2D eigenvalue weighted by Gasteiger charge is 2.41. The summed E-state index contributed by atoms with van der Waals surface area (Å²) in [7, 11) is 1.85. The van der Waals surface area contributed by atoms with Crippen LogP contribution in [0.4, 0.5) is 5.82 Å². The van der Waals surface area contributed by atoms with E-state index in [-0.39, 0.29) is 11.8 Å². The van der Waals surface area contributed by atoms with Gasteiger partial charge in [-0.3, -0.25) is 4.79 Å². The van der Waals surface area contributed by atoms with E-state index < -0.39 is 5.54 Å². The molecule has 4 N–H and O–H groups in total. The van der Waals surface area contributed by atoms with E-state index in [1.807, 2.05) is 24.1 Å². The van der Waals surface area contributed by atoms with Crippen LogP contribution in [0.25, 0.3) is 11.0 Å². The molecule has 0 spiro atoms. The van der Waals surface area contributed by atoms with Crippen molar-refractivity contribution in [1.29, 1.82) is 0 Å². The predicted octanol–water partition coefficient (Wildman–Crippen LogP) is 1.53. The maximum absolute atomic E-state index is 12.9. The molecule has 1 amide bonds. The van der Waals surface area contributed by atoms with Gasteiger partial charge in [-0.2, -0.15) is 5.10 Å². The van der Waals surface area contributed by atoms with Gasteiger partial charge in [-0.15, -0.1) is 0 Å². The van der Waals surface area contributed by atoms with Crippen molar-refractivity contribution < 1.29 is 4.79 Å². The molecule has 7 nitrogen and oxygen atoms in total. The van der Waals surface area contributed by atoms with Crippen molar-refractivity contribution in [3.8, 4) is 0 Å². The molecule has 134 valence electrons.